The number of pyridine rings is 1. The zero-order valence-electron chi connectivity index (χ0n) is 9.46. The molecule has 0 radical (unpaired) electrons. The largest absolute Gasteiger partial charge is 0.396 e. The number of nitrogens with two attached hydrogens (primary N) is 1. The van der Waals surface area contributed by atoms with Crippen molar-refractivity contribution >= 4 is 27.4 Å². The molecule has 16 heavy (non-hydrogen) atoms. The lowest BCUT2D eigenvalue weighted by Crippen LogP contribution is -2.41. The van der Waals surface area contributed by atoms with Gasteiger partial charge in [0.15, 0.2) is 0 Å². The maximum absolute atomic E-state index is 5.91. The summed E-state index contributed by atoms with van der Waals surface area (Å²) in [7, 11) is 0. The van der Waals surface area contributed by atoms with Crippen LogP contribution in [0, 0.1) is 0 Å². The fourth-order valence-corrected chi connectivity index (χ4v) is 2.18. The summed E-state index contributed by atoms with van der Waals surface area (Å²) < 4.78 is 6.45. The molecule has 0 bridgehead atoms. The maximum Gasteiger partial charge on any atom is 0.149 e. The molecule has 2 rings (SSSR count). The fourth-order valence-electron chi connectivity index (χ4n) is 1.83. The molecule has 0 aliphatic carbocycles. The summed E-state index contributed by atoms with van der Waals surface area (Å²) in [5, 5.41) is 3.38. The summed E-state index contributed by atoms with van der Waals surface area (Å²) in [6.07, 6.45) is 2.87. The van der Waals surface area contributed by atoms with Gasteiger partial charge in [-0.25, -0.2) is 4.98 Å². The highest BCUT2D eigenvalue weighted by Crippen LogP contribution is 2.31. The van der Waals surface area contributed by atoms with Crippen molar-refractivity contribution in [1.29, 1.82) is 0 Å². The number of hydrogen-bond acceptors (Lipinski definition) is 4. The van der Waals surface area contributed by atoms with Crippen molar-refractivity contribution in [3.05, 3.63) is 16.7 Å². The van der Waals surface area contributed by atoms with Gasteiger partial charge in [-0.2, -0.15) is 0 Å². The van der Waals surface area contributed by atoms with Gasteiger partial charge < -0.3 is 15.8 Å². The molecule has 4 nitrogen and oxygen atoms in total. The highest BCUT2D eigenvalue weighted by molar-refractivity contribution is 9.10. The monoisotopic (exact) mass is 285 g/mol. The molecule has 88 valence electrons. The summed E-state index contributed by atoms with van der Waals surface area (Å²) in [5.41, 5.74) is 6.47. The minimum absolute atomic E-state index is 0.0883. The van der Waals surface area contributed by atoms with E-state index in [0.29, 0.717) is 5.69 Å². The predicted octanol–water partition coefficient (Wildman–Crippen LogP) is 2.41. The molecule has 1 fully saturated rings. The Balaban J connectivity index is 2.20. The van der Waals surface area contributed by atoms with Crippen LogP contribution < -0.4 is 11.1 Å². The third kappa shape index (κ3) is 2.15. The molecule has 1 aliphatic rings. The molecule has 0 amide bonds. The van der Waals surface area contributed by atoms with Gasteiger partial charge in [-0.15, -0.1) is 0 Å². The van der Waals surface area contributed by atoms with E-state index in [1.54, 1.807) is 6.20 Å². The molecule has 0 aromatic carbocycles. The molecule has 1 saturated heterocycles. The number of anilines is 2. The number of nitrogens with one attached hydrogen (secondary N) is 1. The Hall–Kier alpha value is -0.810. The molecule has 1 aliphatic heterocycles. The van der Waals surface area contributed by atoms with Gasteiger partial charge in [0, 0.05) is 17.3 Å². The zero-order valence-corrected chi connectivity index (χ0v) is 11.0. The molecule has 0 spiro atoms. The second-order valence-corrected chi connectivity index (χ2v) is 5.31. The lowest BCUT2D eigenvalue weighted by Gasteiger charge is -2.30. The number of rotatable bonds is 2. The number of aromatic nitrogens is 1. The molecule has 2 unspecified atom stereocenters. The van der Waals surface area contributed by atoms with E-state index in [1.807, 2.05) is 6.07 Å². The Morgan fingerprint density at radius 2 is 2.44 bits per heavy atom. The molecule has 1 aromatic rings. The van der Waals surface area contributed by atoms with Crippen molar-refractivity contribution < 1.29 is 4.74 Å². The van der Waals surface area contributed by atoms with Gasteiger partial charge in [0.2, 0.25) is 0 Å². The Bertz CT molecular complexity index is 399. The average Bonchev–Trinajstić information content (AvgIpc) is 2.52. The van der Waals surface area contributed by atoms with E-state index in [0.717, 1.165) is 23.3 Å². The first-order valence-corrected chi connectivity index (χ1v) is 6.11. The van der Waals surface area contributed by atoms with Gasteiger partial charge >= 0.3 is 0 Å². The van der Waals surface area contributed by atoms with Gasteiger partial charge in [0.05, 0.1) is 17.3 Å². The van der Waals surface area contributed by atoms with Gasteiger partial charge in [-0.3, -0.25) is 0 Å². The van der Waals surface area contributed by atoms with Crippen LogP contribution in [0.1, 0.15) is 20.3 Å². The minimum Gasteiger partial charge on any atom is -0.396 e. The lowest BCUT2D eigenvalue weighted by molar-refractivity contribution is 0.105. The van der Waals surface area contributed by atoms with Crippen LogP contribution in [0.15, 0.2) is 16.7 Å². The minimum atomic E-state index is -0.0883. The van der Waals surface area contributed by atoms with Gasteiger partial charge in [0.1, 0.15) is 5.82 Å². The summed E-state index contributed by atoms with van der Waals surface area (Å²) in [5.74, 6) is 0.725. The Kier molecular flexibility index (Phi) is 3.08. The van der Waals surface area contributed by atoms with Crippen molar-refractivity contribution in [3.63, 3.8) is 0 Å². The van der Waals surface area contributed by atoms with Crippen molar-refractivity contribution in [2.75, 3.05) is 17.7 Å². The van der Waals surface area contributed by atoms with Crippen LogP contribution >= 0.6 is 15.9 Å². The van der Waals surface area contributed by atoms with Gasteiger partial charge in [-0.05, 0) is 42.3 Å². The fraction of sp³-hybridized carbons (Fsp3) is 0.545. The highest BCUT2D eigenvalue weighted by atomic mass is 79.9. The van der Waals surface area contributed by atoms with Crippen LogP contribution in [0.4, 0.5) is 11.5 Å². The number of ether oxygens (including phenoxy) is 1. The first-order chi connectivity index (χ1) is 7.51. The molecule has 2 atom stereocenters. The average molecular weight is 286 g/mol. The zero-order chi connectivity index (χ0) is 11.8. The van der Waals surface area contributed by atoms with E-state index in [9.17, 15) is 0 Å². The number of nitrogen functional groups attached to an aromatic ring is 1. The predicted molar refractivity (Wildman–Crippen MR) is 68.4 cm³/mol. The van der Waals surface area contributed by atoms with E-state index in [4.69, 9.17) is 10.5 Å². The van der Waals surface area contributed by atoms with Crippen LogP contribution in [0.5, 0.6) is 0 Å². The van der Waals surface area contributed by atoms with Crippen molar-refractivity contribution in [2.45, 2.75) is 31.9 Å². The van der Waals surface area contributed by atoms with Crippen molar-refractivity contribution in [2.24, 2.45) is 0 Å². The standard InChI is InChI=1S/C11H16BrN3O/c1-7-11(2,3-4-16-7)15-10-9(13)5-8(12)6-14-10/h5-7H,3-4,13H2,1-2H3,(H,14,15). The number of hydrogen-bond donors (Lipinski definition) is 2. The van der Waals surface area contributed by atoms with E-state index >= 15 is 0 Å². The summed E-state index contributed by atoms with van der Waals surface area (Å²) in [6.45, 7) is 4.98. The van der Waals surface area contributed by atoms with Crippen LogP contribution in [0.25, 0.3) is 0 Å². The lowest BCUT2D eigenvalue weighted by atomic mass is 9.94. The summed E-state index contributed by atoms with van der Waals surface area (Å²) in [6, 6.07) is 1.85. The van der Waals surface area contributed by atoms with Crippen molar-refractivity contribution in [3.8, 4) is 0 Å². The number of nitrogens with zero attached hydrogens (tertiary/aromatic N) is 1. The Morgan fingerprint density at radius 3 is 3.00 bits per heavy atom. The van der Waals surface area contributed by atoms with Crippen LogP contribution in [-0.2, 0) is 4.74 Å². The van der Waals surface area contributed by atoms with E-state index in [-0.39, 0.29) is 11.6 Å². The molecular formula is C11H16BrN3O. The highest BCUT2D eigenvalue weighted by Gasteiger charge is 2.37. The molecule has 5 heteroatoms. The Labute approximate surface area is 104 Å². The van der Waals surface area contributed by atoms with Crippen LogP contribution in [0.2, 0.25) is 0 Å². The van der Waals surface area contributed by atoms with E-state index in [2.05, 4.69) is 40.1 Å². The molecule has 3 N–H and O–H groups in total. The molecule has 2 heterocycles. The maximum atomic E-state index is 5.91. The molecule has 0 saturated carbocycles. The molecular weight excluding hydrogens is 270 g/mol. The van der Waals surface area contributed by atoms with E-state index < -0.39 is 0 Å². The van der Waals surface area contributed by atoms with Crippen molar-refractivity contribution in [1.82, 2.24) is 4.98 Å². The summed E-state index contributed by atoms with van der Waals surface area (Å²) in [4.78, 5) is 4.28. The quantitative estimate of drug-likeness (QED) is 0.876. The smallest absolute Gasteiger partial charge is 0.149 e. The second kappa shape index (κ2) is 4.22. The van der Waals surface area contributed by atoms with Crippen LogP contribution in [-0.4, -0.2) is 23.2 Å². The normalized spacial score (nSPS) is 29.3. The Morgan fingerprint density at radius 1 is 1.69 bits per heavy atom. The summed E-state index contributed by atoms with van der Waals surface area (Å²) >= 11 is 3.34. The second-order valence-electron chi connectivity index (χ2n) is 4.40. The SMILES string of the molecule is CC1OCCC1(C)Nc1ncc(Br)cc1N. The topological polar surface area (TPSA) is 60.2 Å². The first-order valence-electron chi connectivity index (χ1n) is 5.32. The third-order valence-corrected chi connectivity index (χ3v) is 3.61. The number of halogens is 1. The molecule has 1 aromatic heterocycles. The third-order valence-electron chi connectivity index (χ3n) is 3.17. The van der Waals surface area contributed by atoms with E-state index in [1.165, 1.54) is 0 Å². The van der Waals surface area contributed by atoms with Gasteiger partial charge in [0.25, 0.3) is 0 Å². The van der Waals surface area contributed by atoms with Crippen LogP contribution in [0.3, 0.4) is 0 Å². The first kappa shape index (κ1) is 11.7. The van der Waals surface area contributed by atoms with Gasteiger partial charge in [-0.1, -0.05) is 0 Å².